The second-order valence-electron chi connectivity index (χ2n) is 7.12. The number of hydrogen-bond donors (Lipinski definition) is 1. The molecule has 6 nitrogen and oxygen atoms in total. The van der Waals surface area contributed by atoms with Gasteiger partial charge in [-0.15, -0.1) is 0 Å². The lowest BCUT2D eigenvalue weighted by Crippen LogP contribution is -2.35. The van der Waals surface area contributed by atoms with E-state index in [0.29, 0.717) is 12.1 Å². The molecule has 1 aliphatic heterocycles. The zero-order valence-corrected chi connectivity index (χ0v) is 16.9. The van der Waals surface area contributed by atoms with Gasteiger partial charge in [0.15, 0.2) is 0 Å². The normalized spacial score (nSPS) is 14.9. The second kappa shape index (κ2) is 8.73. The summed E-state index contributed by atoms with van der Waals surface area (Å²) in [7, 11) is 3.34. The largest absolute Gasteiger partial charge is 0.355 e. The summed E-state index contributed by atoms with van der Waals surface area (Å²) in [5, 5.41) is 2.59. The molecule has 0 radical (unpaired) electrons. The van der Waals surface area contributed by atoms with Gasteiger partial charge in [0.05, 0.1) is 12.5 Å². The van der Waals surface area contributed by atoms with Crippen LogP contribution >= 0.6 is 0 Å². The smallest absolute Gasteiger partial charge is 0.251 e. The number of carbonyl (C=O) groups excluding carboxylic acids is 3. The maximum absolute atomic E-state index is 12.9. The fraction of sp³-hybridized carbons (Fsp3) is 0.261. The van der Waals surface area contributed by atoms with Crippen LogP contribution < -0.4 is 5.32 Å². The molecule has 1 heterocycles. The molecule has 29 heavy (non-hydrogen) atoms. The third kappa shape index (κ3) is 4.54. The van der Waals surface area contributed by atoms with Crippen LogP contribution in [0.5, 0.6) is 0 Å². The van der Waals surface area contributed by atoms with Crippen molar-refractivity contribution in [2.45, 2.75) is 25.9 Å². The molecule has 3 amide bonds. The second-order valence-corrected chi connectivity index (χ2v) is 7.12. The molecule has 3 rings (SSSR count). The lowest BCUT2D eigenvalue weighted by Gasteiger charge is -2.33. The Bertz CT molecular complexity index is 950. The lowest BCUT2D eigenvalue weighted by molar-refractivity contribution is -0.134. The molecule has 0 saturated heterocycles. The molecule has 6 heteroatoms. The van der Waals surface area contributed by atoms with Gasteiger partial charge < -0.3 is 15.1 Å². The average molecular weight is 391 g/mol. The highest BCUT2D eigenvalue weighted by molar-refractivity contribution is 5.94. The van der Waals surface area contributed by atoms with E-state index in [-0.39, 0.29) is 30.2 Å². The number of benzene rings is 2. The number of nitrogens with zero attached hydrogens (tertiary/aromatic N) is 2. The third-order valence-corrected chi connectivity index (χ3v) is 5.13. The molecular weight excluding hydrogens is 366 g/mol. The maximum atomic E-state index is 12.9. The molecular formula is C23H25N3O3. The van der Waals surface area contributed by atoms with E-state index in [2.05, 4.69) is 5.32 Å². The van der Waals surface area contributed by atoms with Crippen LogP contribution in [0.15, 0.2) is 54.7 Å². The van der Waals surface area contributed by atoms with Crippen molar-refractivity contribution < 1.29 is 14.4 Å². The minimum atomic E-state index is -0.320. The molecule has 1 unspecified atom stereocenters. The summed E-state index contributed by atoms with van der Waals surface area (Å²) in [5.74, 6) is -0.294. The molecule has 1 atom stereocenters. The van der Waals surface area contributed by atoms with Crippen LogP contribution in [-0.2, 0) is 16.1 Å². The highest BCUT2D eigenvalue weighted by atomic mass is 16.2. The average Bonchev–Trinajstić information content (AvgIpc) is 2.73. The molecule has 1 N–H and O–H groups in total. The molecule has 1 aliphatic rings. The SMILES string of the molecule is CNC(=O)c1ccc(CN(C)C(=O)CC2c3ccccc3C=CN2C(C)=O)cc1. The van der Waals surface area contributed by atoms with Gasteiger partial charge in [0, 0.05) is 39.3 Å². The Hall–Kier alpha value is -3.41. The zero-order chi connectivity index (χ0) is 21.0. The van der Waals surface area contributed by atoms with Gasteiger partial charge in [-0.05, 0) is 34.9 Å². The zero-order valence-electron chi connectivity index (χ0n) is 16.9. The van der Waals surface area contributed by atoms with Crippen molar-refractivity contribution in [2.75, 3.05) is 14.1 Å². The quantitative estimate of drug-likeness (QED) is 0.852. The number of nitrogens with one attached hydrogen (secondary N) is 1. The first kappa shape index (κ1) is 20.3. The minimum Gasteiger partial charge on any atom is -0.355 e. The Morgan fingerprint density at radius 2 is 1.76 bits per heavy atom. The lowest BCUT2D eigenvalue weighted by atomic mass is 9.93. The number of carbonyl (C=O) groups is 3. The van der Waals surface area contributed by atoms with E-state index in [1.807, 2.05) is 42.5 Å². The number of rotatable bonds is 5. The molecule has 0 fully saturated rings. The Morgan fingerprint density at radius 1 is 1.07 bits per heavy atom. The van der Waals surface area contributed by atoms with Crippen LogP contribution in [0.25, 0.3) is 6.08 Å². The van der Waals surface area contributed by atoms with E-state index >= 15 is 0 Å². The summed E-state index contributed by atoms with van der Waals surface area (Å²) < 4.78 is 0. The molecule has 0 aromatic heterocycles. The molecule has 0 spiro atoms. The van der Waals surface area contributed by atoms with E-state index in [1.165, 1.54) is 6.92 Å². The summed E-state index contributed by atoms with van der Waals surface area (Å²) in [6.07, 6.45) is 3.85. The minimum absolute atomic E-state index is 0.0540. The molecule has 0 bridgehead atoms. The number of fused-ring (bicyclic) bond motifs is 1. The van der Waals surface area contributed by atoms with E-state index in [9.17, 15) is 14.4 Å². The molecule has 150 valence electrons. The van der Waals surface area contributed by atoms with Gasteiger partial charge in [0.25, 0.3) is 5.91 Å². The van der Waals surface area contributed by atoms with Gasteiger partial charge in [-0.1, -0.05) is 36.4 Å². The monoisotopic (exact) mass is 391 g/mol. The predicted octanol–water partition coefficient (Wildman–Crippen LogP) is 2.97. The number of amides is 3. The highest BCUT2D eigenvalue weighted by Crippen LogP contribution is 2.33. The summed E-state index contributed by atoms with van der Waals surface area (Å²) in [6.45, 7) is 1.94. The third-order valence-electron chi connectivity index (χ3n) is 5.13. The fourth-order valence-electron chi connectivity index (χ4n) is 3.50. The van der Waals surface area contributed by atoms with Crippen molar-refractivity contribution in [3.05, 3.63) is 77.0 Å². The first-order valence-corrected chi connectivity index (χ1v) is 9.51. The summed E-state index contributed by atoms with van der Waals surface area (Å²) >= 11 is 0. The van der Waals surface area contributed by atoms with E-state index < -0.39 is 0 Å². The standard InChI is InChI=1S/C23H25N3O3/c1-16(27)26-13-12-18-6-4-5-7-20(18)21(26)14-22(28)25(3)15-17-8-10-19(11-9-17)23(29)24-2/h4-13,21H,14-15H2,1-3H3,(H,24,29). The van der Waals surface area contributed by atoms with Gasteiger partial charge >= 0.3 is 0 Å². The summed E-state index contributed by atoms with van der Waals surface area (Å²) in [4.78, 5) is 39.9. The van der Waals surface area contributed by atoms with Gasteiger partial charge in [-0.3, -0.25) is 14.4 Å². The van der Waals surface area contributed by atoms with Crippen LogP contribution in [0.3, 0.4) is 0 Å². The van der Waals surface area contributed by atoms with Crippen LogP contribution in [0.1, 0.15) is 46.4 Å². The molecule has 2 aromatic carbocycles. The van der Waals surface area contributed by atoms with Crippen LogP contribution in [0.2, 0.25) is 0 Å². The Morgan fingerprint density at radius 3 is 2.41 bits per heavy atom. The van der Waals surface area contributed by atoms with E-state index in [0.717, 1.165) is 16.7 Å². The topological polar surface area (TPSA) is 69.7 Å². The number of hydrogen-bond acceptors (Lipinski definition) is 3. The van der Waals surface area contributed by atoms with Gasteiger partial charge in [-0.2, -0.15) is 0 Å². The Kier molecular flexibility index (Phi) is 6.12. The maximum Gasteiger partial charge on any atom is 0.251 e. The predicted molar refractivity (Wildman–Crippen MR) is 112 cm³/mol. The molecule has 2 aromatic rings. The van der Waals surface area contributed by atoms with Gasteiger partial charge in [-0.25, -0.2) is 0 Å². The Labute approximate surface area is 170 Å². The van der Waals surface area contributed by atoms with Crippen molar-refractivity contribution >= 4 is 23.8 Å². The van der Waals surface area contributed by atoms with E-state index in [4.69, 9.17) is 0 Å². The Balaban J connectivity index is 1.72. The van der Waals surface area contributed by atoms with Crippen molar-refractivity contribution in [2.24, 2.45) is 0 Å². The molecule has 0 saturated carbocycles. The van der Waals surface area contributed by atoms with Crippen molar-refractivity contribution in [1.29, 1.82) is 0 Å². The molecule has 0 aliphatic carbocycles. The van der Waals surface area contributed by atoms with Gasteiger partial charge in [0.1, 0.15) is 0 Å². The summed E-state index contributed by atoms with van der Waals surface area (Å²) in [6, 6.07) is 14.7. The van der Waals surface area contributed by atoms with Crippen LogP contribution in [0.4, 0.5) is 0 Å². The van der Waals surface area contributed by atoms with Gasteiger partial charge in [0.2, 0.25) is 11.8 Å². The highest BCUT2D eigenvalue weighted by Gasteiger charge is 2.29. The van der Waals surface area contributed by atoms with E-state index in [1.54, 1.807) is 42.2 Å². The van der Waals surface area contributed by atoms with Crippen LogP contribution in [0, 0.1) is 0 Å². The first-order chi connectivity index (χ1) is 13.9. The fourth-order valence-corrected chi connectivity index (χ4v) is 3.50. The van der Waals surface area contributed by atoms with Crippen molar-refractivity contribution in [1.82, 2.24) is 15.1 Å². The van der Waals surface area contributed by atoms with Crippen molar-refractivity contribution in [3.63, 3.8) is 0 Å². The summed E-state index contributed by atoms with van der Waals surface area (Å²) in [5.41, 5.74) is 3.51. The van der Waals surface area contributed by atoms with Crippen LogP contribution in [-0.4, -0.2) is 41.6 Å². The first-order valence-electron chi connectivity index (χ1n) is 9.51. The van der Waals surface area contributed by atoms with Crippen molar-refractivity contribution in [3.8, 4) is 0 Å².